The van der Waals surface area contributed by atoms with Gasteiger partial charge in [0.15, 0.2) is 0 Å². The van der Waals surface area contributed by atoms with Crippen LogP contribution in [0.1, 0.15) is 10.8 Å². The highest BCUT2D eigenvalue weighted by Crippen LogP contribution is 2.37. The van der Waals surface area contributed by atoms with Gasteiger partial charge in [-0.3, -0.25) is 0 Å². The SMILES string of the molecule is Clc1ccc(SCCSC(Cn2ccnc2)c2ccc(Cl)cc2Cl)nc1. The lowest BCUT2D eigenvalue weighted by molar-refractivity contribution is 0.684. The first-order valence-electron chi connectivity index (χ1n) is 7.88. The molecule has 0 aliphatic rings. The van der Waals surface area contributed by atoms with Gasteiger partial charge in [0, 0.05) is 51.9 Å². The Labute approximate surface area is 176 Å². The van der Waals surface area contributed by atoms with Gasteiger partial charge < -0.3 is 4.57 Å². The number of thioether (sulfide) groups is 2. The summed E-state index contributed by atoms with van der Waals surface area (Å²) in [6.07, 6.45) is 7.24. The molecule has 1 aromatic carbocycles. The molecule has 0 saturated carbocycles. The second-order valence-corrected chi connectivity index (χ2v) is 9.15. The summed E-state index contributed by atoms with van der Waals surface area (Å²) in [5.74, 6) is 1.91. The highest BCUT2D eigenvalue weighted by molar-refractivity contribution is 8.03. The number of pyridine rings is 1. The van der Waals surface area contributed by atoms with Crippen LogP contribution in [0.5, 0.6) is 0 Å². The fraction of sp³-hybridized carbons (Fsp3) is 0.222. The molecule has 2 heterocycles. The third kappa shape index (κ3) is 5.83. The van der Waals surface area contributed by atoms with Crippen LogP contribution in [-0.2, 0) is 6.54 Å². The zero-order chi connectivity index (χ0) is 18.4. The Bertz CT molecular complexity index is 826. The van der Waals surface area contributed by atoms with Crippen LogP contribution in [0.4, 0.5) is 0 Å². The molecular weight excluding hydrogens is 429 g/mol. The predicted molar refractivity (Wildman–Crippen MR) is 114 cm³/mol. The van der Waals surface area contributed by atoms with E-state index < -0.39 is 0 Å². The zero-order valence-electron chi connectivity index (χ0n) is 13.7. The Hall–Kier alpha value is -0.850. The third-order valence-electron chi connectivity index (χ3n) is 3.60. The monoisotopic (exact) mass is 443 g/mol. The standard InChI is InChI=1S/C18H16Cl3N3S2/c19-13-1-3-15(16(21)9-13)17(11-24-6-5-22-12-24)25-7-8-26-18-4-2-14(20)10-23-18/h1-6,9-10,12,17H,7-8,11H2. The van der Waals surface area contributed by atoms with Gasteiger partial charge in [0.2, 0.25) is 0 Å². The normalized spacial score (nSPS) is 12.3. The molecule has 26 heavy (non-hydrogen) atoms. The minimum absolute atomic E-state index is 0.216. The first-order chi connectivity index (χ1) is 12.6. The maximum absolute atomic E-state index is 6.44. The van der Waals surface area contributed by atoms with Crippen molar-refractivity contribution in [2.24, 2.45) is 0 Å². The van der Waals surface area contributed by atoms with Crippen LogP contribution in [0, 0.1) is 0 Å². The van der Waals surface area contributed by atoms with Gasteiger partial charge in [-0.25, -0.2) is 9.97 Å². The van der Waals surface area contributed by atoms with Crippen LogP contribution >= 0.6 is 58.3 Å². The molecule has 1 atom stereocenters. The quantitative estimate of drug-likeness (QED) is 0.293. The van der Waals surface area contributed by atoms with Crippen molar-refractivity contribution in [1.29, 1.82) is 0 Å². The van der Waals surface area contributed by atoms with Crippen LogP contribution in [0.15, 0.2) is 60.3 Å². The molecule has 136 valence electrons. The van der Waals surface area contributed by atoms with Crippen molar-refractivity contribution in [2.75, 3.05) is 11.5 Å². The summed E-state index contributed by atoms with van der Waals surface area (Å²) in [6, 6.07) is 9.49. The number of imidazole rings is 1. The number of rotatable bonds is 8. The number of hydrogen-bond donors (Lipinski definition) is 0. The molecule has 0 radical (unpaired) electrons. The topological polar surface area (TPSA) is 30.7 Å². The van der Waals surface area contributed by atoms with Crippen LogP contribution < -0.4 is 0 Å². The minimum atomic E-state index is 0.216. The molecule has 0 saturated heterocycles. The summed E-state index contributed by atoms with van der Waals surface area (Å²) in [5, 5.41) is 3.19. The molecule has 0 spiro atoms. The highest BCUT2D eigenvalue weighted by Gasteiger charge is 2.16. The van der Waals surface area contributed by atoms with Crippen molar-refractivity contribution < 1.29 is 0 Å². The summed E-state index contributed by atoms with van der Waals surface area (Å²) in [4.78, 5) is 8.44. The Kier molecular flexibility index (Phi) is 7.58. The largest absolute Gasteiger partial charge is 0.336 e. The number of nitrogens with zero attached hydrogens (tertiary/aromatic N) is 3. The van der Waals surface area contributed by atoms with Crippen LogP contribution in [0.3, 0.4) is 0 Å². The minimum Gasteiger partial charge on any atom is -0.336 e. The van der Waals surface area contributed by atoms with Gasteiger partial charge in [-0.05, 0) is 29.8 Å². The number of aromatic nitrogens is 3. The summed E-state index contributed by atoms with van der Waals surface area (Å²) in [7, 11) is 0. The van der Waals surface area contributed by atoms with E-state index in [2.05, 4.69) is 14.5 Å². The number of benzene rings is 1. The van der Waals surface area contributed by atoms with Crippen LogP contribution in [0.2, 0.25) is 15.1 Å². The van der Waals surface area contributed by atoms with Crippen molar-refractivity contribution in [3.05, 3.63) is 75.9 Å². The Morgan fingerprint density at radius 1 is 1.04 bits per heavy atom. The molecule has 0 bridgehead atoms. The molecule has 3 aromatic rings. The second-order valence-electron chi connectivity index (χ2n) is 5.45. The van der Waals surface area contributed by atoms with E-state index in [0.29, 0.717) is 15.1 Å². The van der Waals surface area contributed by atoms with Gasteiger partial charge >= 0.3 is 0 Å². The van der Waals surface area contributed by atoms with Gasteiger partial charge in [0.05, 0.1) is 16.4 Å². The van der Waals surface area contributed by atoms with E-state index in [1.165, 1.54) is 0 Å². The molecule has 1 unspecified atom stereocenters. The van der Waals surface area contributed by atoms with Crippen molar-refractivity contribution in [3.8, 4) is 0 Å². The van der Waals surface area contributed by atoms with Crippen molar-refractivity contribution in [3.63, 3.8) is 0 Å². The molecular formula is C18H16Cl3N3S2. The lowest BCUT2D eigenvalue weighted by Gasteiger charge is -2.19. The van der Waals surface area contributed by atoms with E-state index in [0.717, 1.165) is 28.6 Å². The number of halogens is 3. The molecule has 0 aliphatic carbocycles. The smallest absolute Gasteiger partial charge is 0.0961 e. The fourth-order valence-corrected chi connectivity index (χ4v) is 5.26. The summed E-state index contributed by atoms with van der Waals surface area (Å²) in [5.41, 5.74) is 1.09. The second kappa shape index (κ2) is 9.90. The van der Waals surface area contributed by atoms with Crippen molar-refractivity contribution in [2.45, 2.75) is 16.8 Å². The highest BCUT2D eigenvalue weighted by atomic mass is 35.5. The molecule has 0 fully saturated rings. The first kappa shape index (κ1) is 19.9. The number of hydrogen-bond acceptors (Lipinski definition) is 4. The molecule has 0 N–H and O–H groups in total. The average Bonchev–Trinajstić information content (AvgIpc) is 3.12. The van der Waals surface area contributed by atoms with E-state index in [1.807, 2.05) is 48.6 Å². The zero-order valence-corrected chi connectivity index (χ0v) is 17.6. The molecule has 3 nitrogen and oxygen atoms in total. The lowest BCUT2D eigenvalue weighted by Crippen LogP contribution is -2.07. The Balaban J connectivity index is 1.62. The van der Waals surface area contributed by atoms with Crippen molar-refractivity contribution in [1.82, 2.24) is 14.5 Å². The van der Waals surface area contributed by atoms with E-state index >= 15 is 0 Å². The summed E-state index contributed by atoms with van der Waals surface area (Å²) >= 11 is 21.9. The maximum Gasteiger partial charge on any atom is 0.0961 e. The molecule has 2 aromatic heterocycles. The third-order valence-corrected chi connectivity index (χ3v) is 6.83. The summed E-state index contributed by atoms with van der Waals surface area (Å²) in [6.45, 7) is 0.801. The molecule has 8 heteroatoms. The Morgan fingerprint density at radius 3 is 2.58 bits per heavy atom. The molecule has 0 amide bonds. The van der Waals surface area contributed by atoms with E-state index in [4.69, 9.17) is 34.8 Å². The van der Waals surface area contributed by atoms with Gasteiger partial charge in [-0.15, -0.1) is 11.8 Å². The maximum atomic E-state index is 6.44. The van der Waals surface area contributed by atoms with Gasteiger partial charge in [-0.1, -0.05) is 40.9 Å². The van der Waals surface area contributed by atoms with Gasteiger partial charge in [0.25, 0.3) is 0 Å². The van der Waals surface area contributed by atoms with Gasteiger partial charge in [0.1, 0.15) is 0 Å². The average molecular weight is 445 g/mol. The summed E-state index contributed by atoms with van der Waals surface area (Å²) < 4.78 is 2.07. The van der Waals surface area contributed by atoms with Crippen LogP contribution in [-0.4, -0.2) is 26.0 Å². The molecule has 0 aliphatic heterocycles. The first-order valence-corrected chi connectivity index (χ1v) is 11.1. The lowest BCUT2D eigenvalue weighted by atomic mass is 10.1. The van der Waals surface area contributed by atoms with E-state index in [-0.39, 0.29) is 5.25 Å². The Morgan fingerprint density at radius 2 is 1.88 bits per heavy atom. The van der Waals surface area contributed by atoms with E-state index in [1.54, 1.807) is 30.2 Å². The molecule has 3 rings (SSSR count). The van der Waals surface area contributed by atoms with Crippen molar-refractivity contribution >= 4 is 58.3 Å². The fourth-order valence-electron chi connectivity index (χ4n) is 2.37. The van der Waals surface area contributed by atoms with Crippen LogP contribution in [0.25, 0.3) is 0 Å². The van der Waals surface area contributed by atoms with E-state index in [9.17, 15) is 0 Å². The van der Waals surface area contributed by atoms with Gasteiger partial charge in [-0.2, -0.15) is 11.8 Å². The predicted octanol–water partition coefficient (Wildman–Crippen LogP) is 6.51.